The van der Waals surface area contributed by atoms with Crippen LogP contribution >= 0.6 is 34.7 Å². The Labute approximate surface area is 154 Å². The Kier molecular flexibility index (Phi) is 5.54. The molecule has 3 nitrogen and oxygen atoms in total. The highest BCUT2D eigenvalue weighted by Crippen LogP contribution is 2.28. The number of para-hydroxylation sites is 1. The Hall–Kier alpha value is -1.43. The molecule has 1 unspecified atom stereocenters. The van der Waals surface area contributed by atoms with Crippen LogP contribution in [-0.2, 0) is 10.5 Å². The lowest BCUT2D eigenvalue weighted by molar-refractivity contribution is -0.129. The van der Waals surface area contributed by atoms with Gasteiger partial charge < -0.3 is 9.32 Å². The first-order chi connectivity index (χ1) is 11.5. The first kappa shape index (κ1) is 17.4. The summed E-state index contributed by atoms with van der Waals surface area (Å²) in [5.41, 5.74) is 0.851. The van der Waals surface area contributed by atoms with Gasteiger partial charge >= 0.3 is 0 Å². The monoisotopic (exact) mass is 379 g/mol. The average Bonchev–Trinajstić information content (AvgIpc) is 3.19. The lowest BCUT2D eigenvalue weighted by atomic mass is 10.2. The molecule has 2 aromatic heterocycles. The van der Waals surface area contributed by atoms with E-state index in [4.69, 9.17) is 16.0 Å². The van der Waals surface area contributed by atoms with Crippen LogP contribution in [0, 0.1) is 0 Å². The third-order valence-electron chi connectivity index (χ3n) is 3.93. The molecular formula is C18H18ClNO2S2. The number of nitrogens with zero attached hydrogens (tertiary/aromatic N) is 1. The molecule has 1 atom stereocenters. The van der Waals surface area contributed by atoms with Gasteiger partial charge in [0.25, 0.3) is 0 Å². The molecular weight excluding hydrogens is 362 g/mol. The van der Waals surface area contributed by atoms with Crippen LogP contribution in [0.3, 0.4) is 0 Å². The molecule has 1 aromatic carbocycles. The van der Waals surface area contributed by atoms with E-state index in [9.17, 15) is 4.79 Å². The number of fused-ring (bicyclic) bond motifs is 1. The second-order valence-corrected chi connectivity index (χ2v) is 8.35. The van der Waals surface area contributed by atoms with Crippen LogP contribution in [0.15, 0.2) is 46.9 Å². The van der Waals surface area contributed by atoms with Crippen molar-refractivity contribution in [1.82, 2.24) is 4.90 Å². The van der Waals surface area contributed by atoms with Gasteiger partial charge in [0.15, 0.2) is 0 Å². The van der Waals surface area contributed by atoms with Crippen LogP contribution in [0.25, 0.3) is 11.0 Å². The van der Waals surface area contributed by atoms with Gasteiger partial charge in [0.2, 0.25) is 5.91 Å². The quantitative estimate of drug-likeness (QED) is 0.558. The molecule has 126 valence electrons. The summed E-state index contributed by atoms with van der Waals surface area (Å²) in [5, 5.41) is 1.06. The summed E-state index contributed by atoms with van der Waals surface area (Å²) in [5.74, 6) is 2.14. The summed E-state index contributed by atoms with van der Waals surface area (Å²) in [6, 6.07) is 13.7. The molecule has 0 bridgehead atoms. The van der Waals surface area contributed by atoms with Gasteiger partial charge in [0.1, 0.15) is 11.3 Å². The number of thiophene rings is 1. The van der Waals surface area contributed by atoms with E-state index in [1.54, 1.807) is 28.0 Å². The summed E-state index contributed by atoms with van der Waals surface area (Å²) in [6.07, 6.45) is 0. The molecule has 0 saturated heterocycles. The van der Waals surface area contributed by atoms with Crippen molar-refractivity contribution in [3.8, 4) is 0 Å². The zero-order chi connectivity index (χ0) is 17.1. The molecule has 2 heterocycles. The maximum atomic E-state index is 12.4. The van der Waals surface area contributed by atoms with Crippen molar-refractivity contribution in [3.05, 3.63) is 57.4 Å². The van der Waals surface area contributed by atoms with Crippen LogP contribution < -0.4 is 0 Å². The van der Waals surface area contributed by atoms with Gasteiger partial charge in [0.05, 0.1) is 16.1 Å². The van der Waals surface area contributed by atoms with Crippen molar-refractivity contribution in [3.63, 3.8) is 0 Å². The van der Waals surface area contributed by atoms with Gasteiger partial charge in [0, 0.05) is 23.1 Å². The maximum absolute atomic E-state index is 12.4. The molecule has 0 saturated carbocycles. The van der Waals surface area contributed by atoms with Crippen molar-refractivity contribution >= 4 is 51.6 Å². The maximum Gasteiger partial charge on any atom is 0.232 e. The van der Waals surface area contributed by atoms with Crippen molar-refractivity contribution in [2.24, 2.45) is 0 Å². The van der Waals surface area contributed by atoms with E-state index in [-0.39, 0.29) is 11.9 Å². The number of amides is 1. The number of furan rings is 1. The molecule has 0 spiro atoms. The number of thioether (sulfide) groups is 1. The lowest BCUT2D eigenvalue weighted by Crippen LogP contribution is -2.30. The zero-order valence-electron chi connectivity index (χ0n) is 13.5. The number of rotatable bonds is 6. The molecule has 0 fully saturated rings. The predicted octanol–water partition coefficient (Wildman–Crippen LogP) is 5.60. The second-order valence-electron chi connectivity index (χ2n) is 5.57. The Morgan fingerprint density at radius 3 is 2.83 bits per heavy atom. The van der Waals surface area contributed by atoms with Crippen LogP contribution in [-0.4, -0.2) is 23.6 Å². The molecule has 0 N–H and O–H groups in total. The van der Waals surface area contributed by atoms with Gasteiger partial charge in [-0.05, 0) is 31.2 Å². The van der Waals surface area contributed by atoms with Crippen molar-refractivity contribution < 1.29 is 9.21 Å². The topological polar surface area (TPSA) is 33.5 Å². The third-order valence-corrected chi connectivity index (χ3v) is 6.31. The van der Waals surface area contributed by atoms with Gasteiger partial charge in [-0.3, -0.25) is 4.79 Å². The fraction of sp³-hybridized carbons (Fsp3) is 0.278. The number of hydrogen-bond donors (Lipinski definition) is 0. The Morgan fingerprint density at radius 1 is 1.33 bits per heavy atom. The minimum absolute atomic E-state index is 0.0932. The smallest absolute Gasteiger partial charge is 0.232 e. The molecule has 0 aliphatic heterocycles. The van der Waals surface area contributed by atoms with Gasteiger partial charge in [-0.25, -0.2) is 0 Å². The van der Waals surface area contributed by atoms with Crippen LogP contribution in [0.5, 0.6) is 0 Å². The minimum atomic E-state index is -0.0957. The van der Waals surface area contributed by atoms with Crippen molar-refractivity contribution in [2.45, 2.75) is 18.7 Å². The molecule has 3 rings (SSSR count). The summed E-state index contributed by atoms with van der Waals surface area (Å²) < 4.78 is 6.65. The molecule has 3 aromatic rings. The minimum Gasteiger partial charge on any atom is -0.459 e. The zero-order valence-corrected chi connectivity index (χ0v) is 15.9. The second kappa shape index (κ2) is 7.64. The standard InChI is InChI=1S/C18H18ClNO2S2/c1-12(16-9-13-5-3-4-6-15(13)22-16)20(2)18(21)11-23-10-14-7-8-17(19)24-14/h3-9,12H,10-11H2,1-2H3. The van der Waals surface area contributed by atoms with Crippen LogP contribution in [0.2, 0.25) is 4.34 Å². The van der Waals surface area contributed by atoms with Crippen molar-refractivity contribution in [1.29, 1.82) is 0 Å². The molecule has 0 aliphatic carbocycles. The predicted molar refractivity (Wildman–Crippen MR) is 103 cm³/mol. The van der Waals surface area contributed by atoms with E-state index >= 15 is 0 Å². The molecule has 24 heavy (non-hydrogen) atoms. The van der Waals surface area contributed by atoms with Crippen LogP contribution in [0.1, 0.15) is 23.6 Å². The fourth-order valence-electron chi connectivity index (χ4n) is 2.39. The number of benzene rings is 1. The fourth-order valence-corrected chi connectivity index (χ4v) is 4.53. The van der Waals surface area contributed by atoms with E-state index in [1.807, 2.05) is 56.4 Å². The van der Waals surface area contributed by atoms with Gasteiger partial charge in [-0.15, -0.1) is 23.1 Å². The Morgan fingerprint density at radius 2 is 2.12 bits per heavy atom. The Bertz CT molecular complexity index is 809. The van der Waals surface area contributed by atoms with E-state index < -0.39 is 0 Å². The van der Waals surface area contributed by atoms with E-state index in [0.29, 0.717) is 5.75 Å². The first-order valence-corrected chi connectivity index (χ1v) is 9.95. The number of carbonyl (C=O) groups excluding carboxylic acids is 1. The highest BCUT2D eigenvalue weighted by atomic mass is 35.5. The van der Waals surface area contributed by atoms with Gasteiger partial charge in [-0.1, -0.05) is 29.8 Å². The van der Waals surface area contributed by atoms with E-state index in [0.717, 1.165) is 26.8 Å². The SMILES string of the molecule is CC(c1cc2ccccc2o1)N(C)C(=O)CSCc1ccc(Cl)s1. The normalized spacial score (nSPS) is 12.5. The Balaban J connectivity index is 1.57. The number of halogens is 1. The summed E-state index contributed by atoms with van der Waals surface area (Å²) >= 11 is 9.08. The summed E-state index contributed by atoms with van der Waals surface area (Å²) in [4.78, 5) is 15.3. The molecule has 6 heteroatoms. The third kappa shape index (κ3) is 3.97. The molecule has 0 radical (unpaired) electrons. The molecule has 1 amide bonds. The highest BCUT2D eigenvalue weighted by molar-refractivity contribution is 7.99. The average molecular weight is 380 g/mol. The lowest BCUT2D eigenvalue weighted by Gasteiger charge is -2.23. The van der Waals surface area contributed by atoms with E-state index in [2.05, 4.69) is 0 Å². The summed E-state index contributed by atoms with van der Waals surface area (Å²) in [7, 11) is 1.82. The first-order valence-electron chi connectivity index (χ1n) is 7.60. The number of hydrogen-bond acceptors (Lipinski definition) is 4. The summed E-state index contributed by atoms with van der Waals surface area (Å²) in [6.45, 7) is 1.99. The van der Waals surface area contributed by atoms with Gasteiger partial charge in [-0.2, -0.15) is 0 Å². The van der Waals surface area contributed by atoms with Crippen molar-refractivity contribution in [2.75, 3.05) is 12.8 Å². The number of carbonyl (C=O) groups is 1. The largest absolute Gasteiger partial charge is 0.459 e. The highest BCUT2D eigenvalue weighted by Gasteiger charge is 2.20. The van der Waals surface area contributed by atoms with E-state index in [1.165, 1.54) is 4.88 Å². The molecule has 0 aliphatic rings. The van der Waals surface area contributed by atoms with Crippen LogP contribution in [0.4, 0.5) is 0 Å².